The maximum Gasteiger partial charge on any atom is 0.143 e. The lowest BCUT2D eigenvalue weighted by Gasteiger charge is -2.36. The van der Waals surface area contributed by atoms with E-state index in [0.717, 1.165) is 27.8 Å². The number of rotatable bonds is 11. The van der Waals surface area contributed by atoms with Crippen molar-refractivity contribution in [1.29, 1.82) is 0 Å². The average molecular weight is 511 g/mol. The summed E-state index contributed by atoms with van der Waals surface area (Å²) in [5.41, 5.74) is 5.82. The van der Waals surface area contributed by atoms with Crippen molar-refractivity contribution in [3.05, 3.63) is 168 Å². The van der Waals surface area contributed by atoms with Crippen LogP contribution in [0.1, 0.15) is 35.6 Å². The van der Waals surface area contributed by atoms with E-state index in [0.29, 0.717) is 19.4 Å². The lowest BCUT2D eigenvalue weighted by atomic mass is 9.80. The van der Waals surface area contributed by atoms with Gasteiger partial charge in [-0.3, -0.25) is 4.79 Å². The number of carbonyl (C=O) groups is 1. The highest BCUT2D eigenvalue weighted by atomic mass is 16.5. The maximum atomic E-state index is 13.1. The fraction of sp³-hybridized carbons (Fsp3) is 0.162. The van der Waals surface area contributed by atoms with E-state index in [4.69, 9.17) is 4.74 Å². The van der Waals surface area contributed by atoms with Gasteiger partial charge in [0.15, 0.2) is 0 Å². The summed E-state index contributed by atoms with van der Waals surface area (Å²) >= 11 is 0. The number of hydrogen-bond donors (Lipinski definition) is 0. The van der Waals surface area contributed by atoms with Gasteiger partial charge in [-0.15, -0.1) is 0 Å². The second kappa shape index (κ2) is 12.5. The van der Waals surface area contributed by atoms with Crippen LogP contribution in [0.5, 0.6) is 0 Å². The Bertz CT molecular complexity index is 1350. The number of ketones is 1. The molecular formula is C37H34O2. The van der Waals surface area contributed by atoms with Crippen LogP contribution in [0.3, 0.4) is 0 Å². The van der Waals surface area contributed by atoms with Gasteiger partial charge in [-0.2, -0.15) is 0 Å². The van der Waals surface area contributed by atoms with Gasteiger partial charge in [0.05, 0.1) is 6.61 Å². The predicted molar refractivity (Wildman–Crippen MR) is 160 cm³/mol. The third kappa shape index (κ3) is 6.25. The van der Waals surface area contributed by atoms with E-state index in [1.54, 1.807) is 0 Å². The Morgan fingerprint density at radius 3 is 1.46 bits per heavy atom. The SMILES string of the molecule is C[C@@H](COC(c1ccccc1)(c1ccccc1)c1ccccc1)CC(=O)Cc1ccc(-c2ccccc2)cc1. The van der Waals surface area contributed by atoms with Crippen molar-refractivity contribution in [3.8, 4) is 11.1 Å². The molecule has 0 spiro atoms. The molecule has 0 radical (unpaired) electrons. The first-order chi connectivity index (χ1) is 19.1. The first-order valence-corrected chi connectivity index (χ1v) is 13.6. The highest BCUT2D eigenvalue weighted by Crippen LogP contribution is 2.40. The Hall–Kier alpha value is -4.27. The molecule has 0 amide bonds. The second-order valence-electron chi connectivity index (χ2n) is 10.2. The summed E-state index contributed by atoms with van der Waals surface area (Å²) in [5.74, 6) is 0.292. The molecule has 0 saturated heterocycles. The lowest BCUT2D eigenvalue weighted by Crippen LogP contribution is -2.34. The van der Waals surface area contributed by atoms with Crippen LogP contribution in [0.25, 0.3) is 11.1 Å². The Labute approximate surface area is 231 Å². The van der Waals surface area contributed by atoms with Gasteiger partial charge in [0.25, 0.3) is 0 Å². The quantitative estimate of drug-likeness (QED) is 0.167. The molecule has 5 rings (SSSR count). The summed E-state index contributed by atoms with van der Waals surface area (Å²) in [4.78, 5) is 13.1. The second-order valence-corrected chi connectivity index (χ2v) is 10.2. The van der Waals surface area contributed by atoms with E-state index in [9.17, 15) is 4.79 Å². The molecule has 0 bridgehead atoms. The number of benzene rings is 5. The molecule has 1 atom stereocenters. The van der Waals surface area contributed by atoms with Crippen molar-refractivity contribution in [2.75, 3.05) is 6.61 Å². The fourth-order valence-corrected chi connectivity index (χ4v) is 5.23. The zero-order valence-electron chi connectivity index (χ0n) is 22.4. The normalized spacial score (nSPS) is 12.1. The number of ether oxygens (including phenoxy) is 1. The number of carbonyl (C=O) groups excluding carboxylic acids is 1. The molecule has 5 aromatic rings. The molecule has 2 nitrogen and oxygen atoms in total. The molecule has 0 saturated carbocycles. The van der Waals surface area contributed by atoms with E-state index in [1.165, 1.54) is 5.56 Å². The minimum Gasteiger partial charge on any atom is -0.361 e. The molecule has 0 unspecified atom stereocenters. The molecule has 39 heavy (non-hydrogen) atoms. The van der Waals surface area contributed by atoms with Crippen molar-refractivity contribution >= 4 is 5.78 Å². The number of Topliss-reactive ketones (excluding diaryl/α,β-unsaturated/α-hetero) is 1. The van der Waals surface area contributed by atoms with Gasteiger partial charge < -0.3 is 4.74 Å². The molecule has 0 N–H and O–H groups in total. The minimum absolute atomic E-state index is 0.0663. The van der Waals surface area contributed by atoms with Crippen LogP contribution in [0.15, 0.2) is 146 Å². The van der Waals surface area contributed by atoms with Crippen LogP contribution in [0, 0.1) is 5.92 Å². The predicted octanol–water partition coefficient (Wildman–Crippen LogP) is 8.50. The van der Waals surface area contributed by atoms with Crippen molar-refractivity contribution in [1.82, 2.24) is 0 Å². The highest BCUT2D eigenvalue weighted by Gasteiger charge is 2.37. The summed E-state index contributed by atoms with van der Waals surface area (Å²) < 4.78 is 6.91. The summed E-state index contributed by atoms with van der Waals surface area (Å²) in [6.07, 6.45) is 0.898. The van der Waals surface area contributed by atoms with Crippen molar-refractivity contribution in [2.24, 2.45) is 5.92 Å². The molecule has 0 aliphatic carbocycles. The highest BCUT2D eigenvalue weighted by molar-refractivity contribution is 5.81. The van der Waals surface area contributed by atoms with E-state index < -0.39 is 5.60 Å². The molecule has 0 aliphatic heterocycles. The first kappa shape index (κ1) is 26.3. The Morgan fingerprint density at radius 1 is 0.590 bits per heavy atom. The summed E-state index contributed by atoms with van der Waals surface area (Å²) in [6, 6.07) is 49.7. The minimum atomic E-state index is -0.769. The number of hydrogen-bond acceptors (Lipinski definition) is 2. The topological polar surface area (TPSA) is 26.3 Å². The average Bonchev–Trinajstić information content (AvgIpc) is 3.00. The molecular weight excluding hydrogens is 476 g/mol. The molecule has 0 aliphatic rings. The Kier molecular flexibility index (Phi) is 8.45. The maximum absolute atomic E-state index is 13.1. The lowest BCUT2D eigenvalue weighted by molar-refractivity contribution is -0.120. The third-order valence-corrected chi connectivity index (χ3v) is 7.16. The fourth-order valence-electron chi connectivity index (χ4n) is 5.23. The first-order valence-electron chi connectivity index (χ1n) is 13.6. The zero-order chi connectivity index (χ0) is 26.9. The summed E-state index contributed by atoms with van der Waals surface area (Å²) in [5, 5.41) is 0. The molecule has 5 aromatic carbocycles. The van der Waals surface area contributed by atoms with Crippen molar-refractivity contribution in [2.45, 2.75) is 25.4 Å². The standard InChI is InChI=1S/C37H34O2/c1-29(26-36(38)27-30-22-24-32(25-23-30)31-14-6-2-7-15-31)28-39-37(33-16-8-3-9-17-33,34-18-10-4-11-19-34)35-20-12-5-13-21-35/h2-25,29H,26-28H2,1H3/t29-/m1/s1. The van der Waals surface area contributed by atoms with Gasteiger partial charge in [-0.1, -0.05) is 153 Å². The van der Waals surface area contributed by atoms with Crippen LogP contribution >= 0.6 is 0 Å². The van der Waals surface area contributed by atoms with Crippen LogP contribution in [0.2, 0.25) is 0 Å². The van der Waals surface area contributed by atoms with Gasteiger partial charge in [-0.25, -0.2) is 0 Å². The van der Waals surface area contributed by atoms with Crippen LogP contribution in [-0.4, -0.2) is 12.4 Å². The van der Waals surface area contributed by atoms with Gasteiger partial charge in [0, 0.05) is 12.8 Å². The molecule has 194 valence electrons. The smallest absolute Gasteiger partial charge is 0.143 e. The van der Waals surface area contributed by atoms with Gasteiger partial charge in [-0.05, 0) is 39.3 Å². The van der Waals surface area contributed by atoms with Crippen LogP contribution in [-0.2, 0) is 21.6 Å². The van der Waals surface area contributed by atoms with Gasteiger partial charge >= 0.3 is 0 Å². The molecule has 0 aromatic heterocycles. The van der Waals surface area contributed by atoms with Crippen LogP contribution in [0.4, 0.5) is 0 Å². The van der Waals surface area contributed by atoms with E-state index in [-0.39, 0.29) is 11.7 Å². The van der Waals surface area contributed by atoms with Crippen molar-refractivity contribution < 1.29 is 9.53 Å². The summed E-state index contributed by atoms with van der Waals surface area (Å²) in [7, 11) is 0. The molecule has 0 heterocycles. The largest absolute Gasteiger partial charge is 0.361 e. The van der Waals surface area contributed by atoms with E-state index in [1.807, 2.05) is 36.4 Å². The van der Waals surface area contributed by atoms with Gasteiger partial charge in [0.2, 0.25) is 0 Å². The third-order valence-electron chi connectivity index (χ3n) is 7.16. The Balaban J connectivity index is 1.31. The monoisotopic (exact) mass is 510 g/mol. The molecule has 0 fully saturated rings. The molecule has 2 heteroatoms. The Morgan fingerprint density at radius 2 is 1.00 bits per heavy atom. The van der Waals surface area contributed by atoms with E-state index in [2.05, 4.69) is 116 Å². The van der Waals surface area contributed by atoms with Crippen LogP contribution < -0.4 is 0 Å². The summed E-state index contributed by atoms with van der Waals surface area (Å²) in [6.45, 7) is 2.56. The van der Waals surface area contributed by atoms with Gasteiger partial charge in [0.1, 0.15) is 11.4 Å². The van der Waals surface area contributed by atoms with E-state index >= 15 is 0 Å². The van der Waals surface area contributed by atoms with Crippen molar-refractivity contribution in [3.63, 3.8) is 0 Å². The zero-order valence-corrected chi connectivity index (χ0v) is 22.4.